The van der Waals surface area contributed by atoms with Crippen molar-refractivity contribution in [2.75, 3.05) is 5.32 Å². The van der Waals surface area contributed by atoms with Crippen molar-refractivity contribution in [1.29, 1.82) is 0 Å². The van der Waals surface area contributed by atoms with Gasteiger partial charge in [-0.3, -0.25) is 9.78 Å². The number of fused-ring (bicyclic) bond motifs is 1. The van der Waals surface area contributed by atoms with E-state index in [0.717, 1.165) is 24.0 Å². The lowest BCUT2D eigenvalue weighted by Gasteiger charge is -2.25. The minimum Gasteiger partial charge on any atom is -0.324 e. The first-order chi connectivity index (χ1) is 14.8. The molecule has 0 saturated heterocycles. The van der Waals surface area contributed by atoms with Crippen LogP contribution in [0.2, 0.25) is 0 Å². The van der Waals surface area contributed by atoms with Gasteiger partial charge in [0.05, 0.1) is 17.4 Å². The first-order valence-electron chi connectivity index (χ1n) is 12.5. The van der Waals surface area contributed by atoms with Gasteiger partial charge in [-0.2, -0.15) is 0 Å². The number of pyridine rings is 1. The first-order valence-corrected chi connectivity index (χ1v) is 12.5. The summed E-state index contributed by atoms with van der Waals surface area (Å²) in [7, 11) is 0. The highest BCUT2D eigenvalue weighted by Crippen LogP contribution is 2.39. The predicted octanol–water partition coefficient (Wildman–Crippen LogP) is 7.75. The maximum Gasteiger partial charge on any atom is 0.227 e. The summed E-state index contributed by atoms with van der Waals surface area (Å²) in [5.74, 6) is 0.898. The van der Waals surface area contributed by atoms with Crippen LogP contribution in [0.3, 0.4) is 0 Å². The Hall–Kier alpha value is -1.90. The summed E-state index contributed by atoms with van der Waals surface area (Å²) < 4.78 is 0. The average molecular weight is 407 g/mol. The lowest BCUT2D eigenvalue weighted by molar-refractivity contribution is -0.120. The van der Waals surface area contributed by atoms with Crippen LogP contribution in [0.25, 0.3) is 10.9 Å². The number of para-hydroxylation sites is 1. The largest absolute Gasteiger partial charge is 0.324 e. The van der Waals surface area contributed by atoms with E-state index in [1.807, 2.05) is 6.20 Å². The fourth-order valence-corrected chi connectivity index (χ4v) is 5.58. The standard InChI is InChI=1S/C27H38N2O/c30-27(22-16-10-4-1-2-5-11-17-22)29-25-20-28-24-19-13-12-18-23(24)26(25)21-14-8-6-3-7-9-15-21/h12-13,18-22H,1-11,14-17H2,(H,29,30). The Morgan fingerprint density at radius 3 is 2.00 bits per heavy atom. The van der Waals surface area contributed by atoms with Crippen LogP contribution in [0, 0.1) is 5.92 Å². The van der Waals surface area contributed by atoms with Crippen molar-refractivity contribution in [2.45, 2.75) is 102 Å². The number of anilines is 1. The van der Waals surface area contributed by atoms with Gasteiger partial charge in [0, 0.05) is 11.3 Å². The molecule has 1 aromatic carbocycles. The predicted molar refractivity (Wildman–Crippen MR) is 126 cm³/mol. The lowest BCUT2D eigenvalue weighted by atomic mass is 9.83. The number of hydrogen-bond acceptors (Lipinski definition) is 2. The Labute approximate surface area is 182 Å². The molecule has 4 rings (SSSR count). The minimum absolute atomic E-state index is 0.153. The molecule has 2 aliphatic rings. The van der Waals surface area contributed by atoms with Gasteiger partial charge in [0.2, 0.25) is 5.91 Å². The summed E-state index contributed by atoms with van der Waals surface area (Å²) in [5.41, 5.74) is 3.37. The number of carbonyl (C=O) groups is 1. The van der Waals surface area contributed by atoms with Gasteiger partial charge in [0.1, 0.15) is 0 Å². The number of amides is 1. The monoisotopic (exact) mass is 406 g/mol. The third kappa shape index (κ3) is 5.42. The summed E-state index contributed by atoms with van der Waals surface area (Å²) in [5, 5.41) is 4.60. The maximum atomic E-state index is 13.3. The number of carbonyl (C=O) groups excluding carboxylic acids is 1. The third-order valence-corrected chi connectivity index (χ3v) is 7.31. The van der Waals surface area contributed by atoms with Gasteiger partial charge in [-0.25, -0.2) is 0 Å². The van der Waals surface area contributed by atoms with Crippen molar-refractivity contribution in [3.05, 3.63) is 36.0 Å². The normalized spacial score (nSPS) is 20.5. The molecule has 0 aliphatic heterocycles. The van der Waals surface area contributed by atoms with Crippen LogP contribution in [0.5, 0.6) is 0 Å². The Balaban J connectivity index is 1.61. The molecule has 1 amide bonds. The zero-order valence-corrected chi connectivity index (χ0v) is 18.5. The second kappa shape index (κ2) is 10.9. The van der Waals surface area contributed by atoms with Crippen LogP contribution in [0.15, 0.2) is 30.5 Å². The summed E-state index contributed by atoms with van der Waals surface area (Å²) >= 11 is 0. The van der Waals surface area contributed by atoms with Crippen LogP contribution < -0.4 is 5.32 Å². The van der Waals surface area contributed by atoms with Crippen molar-refractivity contribution in [1.82, 2.24) is 4.98 Å². The molecule has 2 saturated carbocycles. The number of aromatic nitrogens is 1. The lowest BCUT2D eigenvalue weighted by Crippen LogP contribution is -2.24. The highest BCUT2D eigenvalue weighted by atomic mass is 16.1. The van der Waals surface area contributed by atoms with Gasteiger partial charge < -0.3 is 5.32 Å². The molecule has 0 atom stereocenters. The van der Waals surface area contributed by atoms with Gasteiger partial charge in [0.15, 0.2) is 0 Å². The van der Waals surface area contributed by atoms with Crippen LogP contribution >= 0.6 is 0 Å². The van der Waals surface area contributed by atoms with Gasteiger partial charge in [0.25, 0.3) is 0 Å². The topological polar surface area (TPSA) is 42.0 Å². The van der Waals surface area contributed by atoms with Gasteiger partial charge in [-0.05, 0) is 43.2 Å². The van der Waals surface area contributed by atoms with Gasteiger partial charge in [-0.15, -0.1) is 0 Å². The first kappa shape index (κ1) is 21.3. The highest BCUT2D eigenvalue weighted by Gasteiger charge is 2.24. The molecule has 1 aromatic heterocycles. The van der Waals surface area contributed by atoms with Gasteiger partial charge >= 0.3 is 0 Å². The van der Waals surface area contributed by atoms with E-state index in [0.29, 0.717) is 5.92 Å². The molecule has 0 radical (unpaired) electrons. The van der Waals surface area contributed by atoms with Crippen LogP contribution in [-0.2, 0) is 4.79 Å². The van der Waals surface area contributed by atoms with Crippen LogP contribution in [0.1, 0.15) is 108 Å². The molecule has 30 heavy (non-hydrogen) atoms. The van der Waals surface area contributed by atoms with E-state index >= 15 is 0 Å². The smallest absolute Gasteiger partial charge is 0.227 e. The Morgan fingerprint density at radius 2 is 1.33 bits per heavy atom. The molecular formula is C27H38N2O. The summed E-state index contributed by atoms with van der Waals surface area (Å²) in [6.07, 6.45) is 20.6. The Kier molecular flexibility index (Phi) is 7.77. The number of benzene rings is 1. The fourth-order valence-electron chi connectivity index (χ4n) is 5.58. The van der Waals surface area contributed by atoms with E-state index in [-0.39, 0.29) is 11.8 Å². The van der Waals surface area contributed by atoms with Crippen molar-refractivity contribution in [2.24, 2.45) is 5.92 Å². The summed E-state index contributed by atoms with van der Waals surface area (Å²) in [6.45, 7) is 0. The van der Waals surface area contributed by atoms with Crippen LogP contribution in [-0.4, -0.2) is 10.9 Å². The van der Waals surface area contributed by atoms with Crippen molar-refractivity contribution >= 4 is 22.5 Å². The van der Waals surface area contributed by atoms with E-state index in [4.69, 9.17) is 4.98 Å². The summed E-state index contributed by atoms with van der Waals surface area (Å²) in [6, 6.07) is 8.48. The molecule has 0 spiro atoms. The van der Waals surface area contributed by atoms with Gasteiger partial charge in [-0.1, -0.05) is 88.8 Å². The second-order valence-electron chi connectivity index (χ2n) is 9.53. The van der Waals surface area contributed by atoms with E-state index in [2.05, 4.69) is 29.6 Å². The van der Waals surface area contributed by atoms with Crippen molar-refractivity contribution in [3.63, 3.8) is 0 Å². The molecule has 2 aromatic rings. The van der Waals surface area contributed by atoms with Crippen LogP contribution in [0.4, 0.5) is 5.69 Å². The quantitative estimate of drug-likeness (QED) is 0.566. The fraction of sp³-hybridized carbons (Fsp3) is 0.630. The SMILES string of the molecule is O=C(Nc1cnc2ccccc2c1C1CCCCCCC1)C1CCCCCCCC1. The van der Waals surface area contributed by atoms with E-state index in [1.165, 1.54) is 94.4 Å². The number of nitrogens with zero attached hydrogens (tertiary/aromatic N) is 1. The molecule has 0 bridgehead atoms. The van der Waals surface area contributed by atoms with E-state index < -0.39 is 0 Å². The molecule has 0 unspecified atom stereocenters. The van der Waals surface area contributed by atoms with E-state index in [9.17, 15) is 4.79 Å². The molecule has 2 aliphatic carbocycles. The molecule has 1 N–H and O–H groups in total. The van der Waals surface area contributed by atoms with Crippen molar-refractivity contribution < 1.29 is 4.79 Å². The molecule has 162 valence electrons. The molecule has 3 heteroatoms. The average Bonchev–Trinajstić information content (AvgIpc) is 2.88. The summed E-state index contributed by atoms with van der Waals surface area (Å²) in [4.78, 5) is 18.0. The Bertz CT molecular complexity index is 813. The Morgan fingerprint density at radius 1 is 0.767 bits per heavy atom. The number of nitrogens with one attached hydrogen (secondary N) is 1. The zero-order chi connectivity index (χ0) is 20.6. The third-order valence-electron chi connectivity index (χ3n) is 7.31. The molecule has 3 nitrogen and oxygen atoms in total. The highest BCUT2D eigenvalue weighted by molar-refractivity contribution is 5.97. The number of hydrogen-bond donors (Lipinski definition) is 1. The molecule has 2 fully saturated rings. The molecular weight excluding hydrogens is 368 g/mol. The zero-order valence-electron chi connectivity index (χ0n) is 18.5. The second-order valence-corrected chi connectivity index (χ2v) is 9.53. The molecule has 1 heterocycles. The van der Waals surface area contributed by atoms with E-state index in [1.54, 1.807) is 0 Å². The minimum atomic E-state index is 0.153. The maximum absolute atomic E-state index is 13.3. The number of rotatable bonds is 3. The van der Waals surface area contributed by atoms with Crippen molar-refractivity contribution in [3.8, 4) is 0 Å².